The predicted molar refractivity (Wildman–Crippen MR) is 90.7 cm³/mol. The van der Waals surface area contributed by atoms with Gasteiger partial charge in [0.2, 0.25) is 25.2 Å². The van der Waals surface area contributed by atoms with Gasteiger partial charge in [-0.05, 0) is 24.1 Å². The molecule has 0 bridgehead atoms. The number of hydrogen-bond acceptors (Lipinski definition) is 6. The number of nitrogens with zero attached hydrogens (tertiary/aromatic N) is 2. The van der Waals surface area contributed by atoms with Crippen LogP contribution in [0.2, 0.25) is 5.02 Å². The summed E-state index contributed by atoms with van der Waals surface area (Å²) in [5, 5.41) is 10.7. The minimum Gasteiger partial charge on any atom is -0.300 e. The lowest BCUT2D eigenvalue weighted by atomic mass is 10.1. The summed E-state index contributed by atoms with van der Waals surface area (Å²) < 4.78 is 23.9. The zero-order valence-corrected chi connectivity index (χ0v) is 14.8. The Bertz CT molecular complexity index is 773. The zero-order valence-electron chi connectivity index (χ0n) is 12.5. The van der Waals surface area contributed by atoms with Crippen molar-refractivity contribution in [2.45, 2.75) is 30.5 Å². The second-order valence-corrected chi connectivity index (χ2v) is 8.59. The third kappa shape index (κ3) is 5.26. The Hall–Kier alpha value is -1.51. The predicted octanol–water partition coefficient (Wildman–Crippen LogP) is 2.95. The summed E-state index contributed by atoms with van der Waals surface area (Å²) in [7, 11) is -3.42. The fourth-order valence-corrected chi connectivity index (χ4v) is 4.38. The van der Waals surface area contributed by atoms with Crippen LogP contribution in [-0.2, 0) is 21.1 Å². The van der Waals surface area contributed by atoms with Crippen LogP contribution in [0.4, 0.5) is 5.13 Å². The molecule has 9 heteroatoms. The molecule has 0 fully saturated rings. The number of carbonyl (C=O) groups is 1. The van der Waals surface area contributed by atoms with Gasteiger partial charge in [0, 0.05) is 5.02 Å². The second-order valence-electron chi connectivity index (χ2n) is 4.90. The molecule has 0 aliphatic heterocycles. The second kappa shape index (κ2) is 7.85. The Labute approximate surface area is 143 Å². The summed E-state index contributed by atoms with van der Waals surface area (Å²) in [5.74, 6) is -0.252. The lowest BCUT2D eigenvalue weighted by Gasteiger charge is -2.01. The monoisotopic (exact) mass is 373 g/mol. The van der Waals surface area contributed by atoms with Crippen molar-refractivity contribution in [3.8, 4) is 0 Å². The van der Waals surface area contributed by atoms with Crippen LogP contribution in [0, 0.1) is 0 Å². The lowest BCUT2D eigenvalue weighted by Crippen LogP contribution is -2.14. The maximum atomic E-state index is 12.0. The molecule has 1 N–H and O–H groups in total. The number of halogens is 1. The van der Waals surface area contributed by atoms with Gasteiger partial charge in [-0.15, -0.1) is 10.2 Å². The van der Waals surface area contributed by atoms with Crippen molar-refractivity contribution in [1.82, 2.24) is 10.2 Å². The number of amides is 1. The number of aromatic nitrogens is 2. The van der Waals surface area contributed by atoms with E-state index in [2.05, 4.69) is 15.5 Å². The summed E-state index contributed by atoms with van der Waals surface area (Å²) in [4.78, 5) is 11.9. The normalized spacial score (nSPS) is 11.4. The number of unbranched alkanes of at least 4 members (excludes halogenated alkanes) is 1. The van der Waals surface area contributed by atoms with Crippen LogP contribution in [0.3, 0.4) is 0 Å². The molecule has 0 aliphatic rings. The third-order valence-corrected chi connectivity index (χ3v) is 6.30. The van der Waals surface area contributed by atoms with Gasteiger partial charge in [0.25, 0.3) is 0 Å². The van der Waals surface area contributed by atoms with E-state index in [0.717, 1.165) is 23.3 Å². The van der Waals surface area contributed by atoms with Crippen LogP contribution in [0.25, 0.3) is 0 Å². The first-order valence-electron chi connectivity index (χ1n) is 7.01. The number of benzene rings is 1. The molecule has 1 aromatic carbocycles. The van der Waals surface area contributed by atoms with Crippen LogP contribution in [0.15, 0.2) is 28.6 Å². The van der Waals surface area contributed by atoms with E-state index >= 15 is 0 Å². The van der Waals surface area contributed by atoms with E-state index in [-0.39, 0.29) is 27.6 Å². The SMILES string of the molecule is CCCCS(=O)(=O)c1nnc(NC(=O)Cc2ccc(Cl)cc2)s1. The van der Waals surface area contributed by atoms with Crippen molar-refractivity contribution in [2.75, 3.05) is 11.1 Å². The Morgan fingerprint density at radius 2 is 1.96 bits per heavy atom. The Morgan fingerprint density at radius 3 is 2.61 bits per heavy atom. The average Bonchev–Trinajstić information content (AvgIpc) is 2.97. The Kier molecular flexibility index (Phi) is 6.09. The maximum absolute atomic E-state index is 12.0. The van der Waals surface area contributed by atoms with E-state index in [1.54, 1.807) is 24.3 Å². The molecule has 2 aromatic rings. The van der Waals surface area contributed by atoms with E-state index in [1.807, 2.05) is 6.92 Å². The van der Waals surface area contributed by atoms with Crippen molar-refractivity contribution in [3.05, 3.63) is 34.9 Å². The first-order valence-corrected chi connectivity index (χ1v) is 9.86. The molecule has 1 aromatic heterocycles. The number of hydrogen-bond donors (Lipinski definition) is 1. The van der Waals surface area contributed by atoms with Crippen LogP contribution in [0.1, 0.15) is 25.3 Å². The number of anilines is 1. The van der Waals surface area contributed by atoms with E-state index in [9.17, 15) is 13.2 Å². The number of carbonyl (C=O) groups excluding carboxylic acids is 1. The molecule has 1 amide bonds. The van der Waals surface area contributed by atoms with Crippen LogP contribution in [-0.4, -0.2) is 30.3 Å². The zero-order chi connectivity index (χ0) is 16.9. The van der Waals surface area contributed by atoms with E-state index in [0.29, 0.717) is 11.4 Å². The van der Waals surface area contributed by atoms with E-state index in [1.165, 1.54) is 0 Å². The van der Waals surface area contributed by atoms with Crippen molar-refractivity contribution in [2.24, 2.45) is 0 Å². The van der Waals surface area contributed by atoms with Gasteiger partial charge in [0.1, 0.15) is 0 Å². The highest BCUT2D eigenvalue weighted by molar-refractivity contribution is 7.93. The van der Waals surface area contributed by atoms with Crippen molar-refractivity contribution in [3.63, 3.8) is 0 Å². The quantitative estimate of drug-likeness (QED) is 0.753. The molecule has 1 heterocycles. The third-order valence-electron chi connectivity index (χ3n) is 2.96. The summed E-state index contributed by atoms with van der Waals surface area (Å²) in [6.07, 6.45) is 1.50. The average molecular weight is 374 g/mol. The molecule has 0 unspecified atom stereocenters. The molecule has 0 radical (unpaired) electrons. The minimum absolute atomic E-state index is 0.0385. The van der Waals surface area contributed by atoms with Gasteiger partial charge in [0.05, 0.1) is 12.2 Å². The summed E-state index contributed by atoms with van der Waals surface area (Å²) in [5.41, 5.74) is 0.798. The first kappa shape index (κ1) is 17.8. The number of sulfone groups is 1. The molecule has 2 rings (SSSR count). The summed E-state index contributed by atoms with van der Waals surface area (Å²) >= 11 is 6.65. The Balaban J connectivity index is 1.98. The number of rotatable bonds is 7. The number of nitrogens with one attached hydrogen (secondary N) is 1. The smallest absolute Gasteiger partial charge is 0.234 e. The highest BCUT2D eigenvalue weighted by Crippen LogP contribution is 2.22. The summed E-state index contributed by atoms with van der Waals surface area (Å²) in [6.45, 7) is 1.91. The molecule has 0 atom stereocenters. The molecular formula is C14H16ClN3O3S2. The minimum atomic E-state index is -3.42. The molecule has 6 nitrogen and oxygen atoms in total. The van der Waals surface area contributed by atoms with E-state index < -0.39 is 9.84 Å². The van der Waals surface area contributed by atoms with Gasteiger partial charge < -0.3 is 5.32 Å². The highest BCUT2D eigenvalue weighted by Gasteiger charge is 2.20. The fraction of sp³-hybridized carbons (Fsp3) is 0.357. The molecule has 124 valence electrons. The molecule has 0 saturated carbocycles. The van der Waals surface area contributed by atoms with Crippen molar-refractivity contribution < 1.29 is 13.2 Å². The van der Waals surface area contributed by atoms with E-state index in [4.69, 9.17) is 11.6 Å². The van der Waals surface area contributed by atoms with Gasteiger partial charge >= 0.3 is 0 Å². The summed E-state index contributed by atoms with van der Waals surface area (Å²) in [6, 6.07) is 6.91. The van der Waals surface area contributed by atoms with Crippen LogP contribution >= 0.6 is 22.9 Å². The van der Waals surface area contributed by atoms with Gasteiger partial charge in [-0.1, -0.05) is 48.4 Å². The highest BCUT2D eigenvalue weighted by atomic mass is 35.5. The van der Waals surface area contributed by atoms with Gasteiger partial charge in [-0.3, -0.25) is 4.79 Å². The molecular weight excluding hydrogens is 358 g/mol. The fourth-order valence-electron chi connectivity index (χ4n) is 1.76. The molecule has 0 saturated heterocycles. The van der Waals surface area contributed by atoms with Crippen molar-refractivity contribution in [1.29, 1.82) is 0 Å². The van der Waals surface area contributed by atoms with Crippen molar-refractivity contribution >= 4 is 43.8 Å². The van der Waals surface area contributed by atoms with Gasteiger partial charge in [-0.25, -0.2) is 8.42 Å². The largest absolute Gasteiger partial charge is 0.300 e. The molecule has 23 heavy (non-hydrogen) atoms. The topological polar surface area (TPSA) is 89.0 Å². The first-order chi connectivity index (χ1) is 10.9. The molecule has 0 spiro atoms. The standard InChI is InChI=1S/C14H16ClN3O3S2/c1-2-3-8-23(20,21)14-18-17-13(22-14)16-12(19)9-10-4-6-11(15)7-5-10/h4-7H,2-3,8-9H2,1H3,(H,16,17,19). The van der Waals surface area contributed by atoms with Gasteiger partial charge in [-0.2, -0.15) is 0 Å². The van der Waals surface area contributed by atoms with Crippen LogP contribution < -0.4 is 5.32 Å². The molecule has 0 aliphatic carbocycles. The van der Waals surface area contributed by atoms with Gasteiger partial charge in [0.15, 0.2) is 0 Å². The lowest BCUT2D eigenvalue weighted by molar-refractivity contribution is -0.115. The Morgan fingerprint density at radius 1 is 1.26 bits per heavy atom. The van der Waals surface area contributed by atoms with Crippen LogP contribution in [0.5, 0.6) is 0 Å². The maximum Gasteiger partial charge on any atom is 0.234 e.